The Morgan fingerprint density at radius 1 is 0.660 bits per heavy atom. The van der Waals surface area contributed by atoms with Crippen molar-refractivity contribution in [3.8, 4) is 12.1 Å². The van der Waals surface area contributed by atoms with E-state index in [0.29, 0.717) is 37.2 Å². The van der Waals surface area contributed by atoms with Crippen LogP contribution in [0.2, 0.25) is 0 Å². The van der Waals surface area contributed by atoms with Gasteiger partial charge in [-0.2, -0.15) is 10.5 Å². The van der Waals surface area contributed by atoms with Gasteiger partial charge >= 0.3 is 0 Å². The van der Waals surface area contributed by atoms with Gasteiger partial charge in [-0.1, -0.05) is 125 Å². The summed E-state index contributed by atoms with van der Waals surface area (Å²) in [6.45, 7) is 9.03. The Hall–Kier alpha value is -4.32. The molecule has 0 bridgehead atoms. The summed E-state index contributed by atoms with van der Waals surface area (Å²) in [6, 6.07) is 20.8. The number of ether oxygens (including phenoxy) is 1. The molecule has 0 N–H and O–H groups in total. The summed E-state index contributed by atoms with van der Waals surface area (Å²) in [5, 5.41) is 19.6. The third-order valence-corrected chi connectivity index (χ3v) is 9.53. The lowest BCUT2D eigenvalue weighted by Crippen LogP contribution is -2.25. The number of nitriles is 2. The first kappa shape index (κ1) is 35.5. The highest BCUT2D eigenvalue weighted by Crippen LogP contribution is 2.37. The topological polar surface area (TPSA) is 90.9 Å². The number of ketones is 2. The highest BCUT2D eigenvalue weighted by atomic mass is 16.5. The van der Waals surface area contributed by atoms with Crippen LogP contribution in [0.4, 0.5) is 0 Å². The van der Waals surface area contributed by atoms with E-state index < -0.39 is 10.8 Å². The van der Waals surface area contributed by atoms with Crippen LogP contribution in [0, 0.1) is 45.3 Å². The van der Waals surface area contributed by atoms with E-state index in [1.165, 1.54) is 0 Å². The summed E-state index contributed by atoms with van der Waals surface area (Å²) < 4.78 is 6.00. The molecule has 2 aromatic rings. The first-order valence-electron chi connectivity index (χ1n) is 17.1. The van der Waals surface area contributed by atoms with Crippen molar-refractivity contribution in [2.75, 3.05) is 0 Å². The van der Waals surface area contributed by atoms with Crippen LogP contribution < -0.4 is 0 Å². The van der Waals surface area contributed by atoms with E-state index in [-0.39, 0.29) is 23.4 Å². The number of carbonyl (C=O) groups is 2. The Labute approximate surface area is 281 Å². The minimum Gasteiger partial charge on any atom is -0.372 e. The Balaban J connectivity index is 1.29. The average molecular weight is 629 g/mol. The maximum atomic E-state index is 13.4. The van der Waals surface area contributed by atoms with Crippen molar-refractivity contribution >= 4 is 22.7 Å². The molecule has 2 aromatic carbocycles. The first-order chi connectivity index (χ1) is 22.6. The van der Waals surface area contributed by atoms with Crippen LogP contribution in [-0.4, -0.2) is 11.6 Å². The van der Waals surface area contributed by atoms with Gasteiger partial charge in [0, 0.05) is 23.0 Å². The van der Waals surface area contributed by atoms with E-state index in [9.17, 15) is 20.1 Å². The standard InChI is InChI=1S/C42H48N2O3/c1-5-7-23-41(3,29-43)25-35-11-9-13-37(39(35)45)33-19-15-31(16-20-33)27-47-28-32-17-21-34(22-18-32)38-14-10-12-36(40(38)46)26-42(4,30-44)24-8-6-2/h9-22,35-36H,5-8,23-28H2,1-4H3. The van der Waals surface area contributed by atoms with Crippen LogP contribution in [0.25, 0.3) is 11.1 Å². The number of benzene rings is 2. The number of allylic oxidation sites excluding steroid dienone is 8. The van der Waals surface area contributed by atoms with Crippen molar-refractivity contribution in [3.05, 3.63) is 107 Å². The Morgan fingerprint density at radius 2 is 1.04 bits per heavy atom. The number of nitrogens with zero attached hydrogens (tertiary/aromatic N) is 2. The summed E-state index contributed by atoms with van der Waals surface area (Å²) in [4.78, 5) is 26.8. The van der Waals surface area contributed by atoms with Gasteiger partial charge in [0.05, 0.1) is 36.2 Å². The second kappa shape index (κ2) is 16.5. The van der Waals surface area contributed by atoms with Gasteiger partial charge in [0.1, 0.15) is 0 Å². The minimum absolute atomic E-state index is 0.0720. The summed E-state index contributed by atoms with van der Waals surface area (Å²) in [6.07, 6.45) is 18.2. The molecule has 0 fully saturated rings. The number of unbranched alkanes of at least 4 members (excludes halogenated alkanes) is 2. The first-order valence-corrected chi connectivity index (χ1v) is 17.1. The molecule has 5 nitrogen and oxygen atoms in total. The van der Waals surface area contributed by atoms with Gasteiger partial charge in [0.25, 0.3) is 0 Å². The number of hydrogen-bond donors (Lipinski definition) is 0. The molecule has 5 heteroatoms. The molecule has 2 aliphatic rings. The number of carbonyl (C=O) groups excluding carboxylic acids is 2. The largest absolute Gasteiger partial charge is 0.372 e. The summed E-state index contributed by atoms with van der Waals surface area (Å²) in [5.74, 6) is -0.428. The van der Waals surface area contributed by atoms with Gasteiger partial charge in [0.15, 0.2) is 11.6 Å². The number of hydrogen-bond acceptors (Lipinski definition) is 5. The van der Waals surface area contributed by atoms with E-state index in [4.69, 9.17) is 4.74 Å². The minimum atomic E-state index is -0.509. The predicted molar refractivity (Wildman–Crippen MR) is 188 cm³/mol. The zero-order chi connectivity index (χ0) is 33.9. The van der Waals surface area contributed by atoms with Crippen molar-refractivity contribution < 1.29 is 14.3 Å². The van der Waals surface area contributed by atoms with Gasteiger partial charge in [0.2, 0.25) is 0 Å². The lowest BCUT2D eigenvalue weighted by atomic mass is 9.74. The van der Waals surface area contributed by atoms with E-state index in [2.05, 4.69) is 26.0 Å². The Morgan fingerprint density at radius 3 is 1.38 bits per heavy atom. The third kappa shape index (κ3) is 9.37. The van der Waals surface area contributed by atoms with Crippen LogP contribution in [-0.2, 0) is 27.5 Å². The van der Waals surface area contributed by atoms with E-state index in [1.54, 1.807) is 0 Å². The van der Waals surface area contributed by atoms with Gasteiger partial charge in [-0.05, 0) is 61.8 Å². The molecule has 0 spiro atoms. The van der Waals surface area contributed by atoms with E-state index in [1.807, 2.05) is 98.8 Å². The molecule has 2 aliphatic carbocycles. The lowest BCUT2D eigenvalue weighted by molar-refractivity contribution is -0.117. The van der Waals surface area contributed by atoms with Crippen LogP contribution in [0.5, 0.6) is 0 Å². The van der Waals surface area contributed by atoms with Gasteiger partial charge in [-0.3, -0.25) is 9.59 Å². The molecule has 0 heterocycles. The fourth-order valence-corrected chi connectivity index (χ4v) is 6.47. The molecule has 0 aliphatic heterocycles. The molecular formula is C42H48N2O3. The molecule has 47 heavy (non-hydrogen) atoms. The van der Waals surface area contributed by atoms with Gasteiger partial charge in [-0.15, -0.1) is 0 Å². The molecule has 244 valence electrons. The average Bonchev–Trinajstić information content (AvgIpc) is 3.09. The smallest absolute Gasteiger partial charge is 0.170 e. The Bertz CT molecular complexity index is 1490. The van der Waals surface area contributed by atoms with Crippen molar-refractivity contribution in [1.29, 1.82) is 10.5 Å². The van der Waals surface area contributed by atoms with Gasteiger partial charge < -0.3 is 4.74 Å². The van der Waals surface area contributed by atoms with E-state index >= 15 is 0 Å². The summed E-state index contributed by atoms with van der Waals surface area (Å²) in [7, 11) is 0. The van der Waals surface area contributed by atoms with Crippen LogP contribution >= 0.6 is 0 Å². The SMILES string of the molecule is CCCCC(C)(C#N)CC1C=CC=C(c2ccc(COCc3ccc(C4=CC=CC(CC(C)(C#N)CCCC)C4=O)cc3)cc2)C1=O. The van der Waals surface area contributed by atoms with Crippen molar-refractivity contribution in [2.24, 2.45) is 22.7 Å². The number of Topliss-reactive ketones (excluding diaryl/α,β-unsaturated/α-hetero) is 2. The highest BCUT2D eigenvalue weighted by Gasteiger charge is 2.33. The molecule has 0 aromatic heterocycles. The van der Waals surface area contributed by atoms with Crippen LogP contribution in [0.3, 0.4) is 0 Å². The fraction of sp³-hybridized carbons (Fsp3) is 0.429. The second-order valence-corrected chi connectivity index (χ2v) is 13.7. The monoisotopic (exact) mass is 628 g/mol. The summed E-state index contributed by atoms with van der Waals surface area (Å²) in [5.41, 5.74) is 4.12. The predicted octanol–water partition coefficient (Wildman–Crippen LogP) is 9.90. The lowest BCUT2D eigenvalue weighted by Gasteiger charge is -2.27. The van der Waals surface area contributed by atoms with E-state index in [0.717, 1.165) is 60.8 Å². The molecule has 0 radical (unpaired) electrons. The number of rotatable bonds is 16. The molecule has 0 saturated carbocycles. The second-order valence-electron chi connectivity index (χ2n) is 13.7. The molecule has 4 rings (SSSR count). The quantitative estimate of drug-likeness (QED) is 0.185. The van der Waals surface area contributed by atoms with Crippen molar-refractivity contribution in [1.82, 2.24) is 0 Å². The Kier molecular flexibility index (Phi) is 12.5. The fourth-order valence-electron chi connectivity index (χ4n) is 6.47. The zero-order valence-corrected chi connectivity index (χ0v) is 28.4. The molecule has 0 amide bonds. The van der Waals surface area contributed by atoms with Gasteiger partial charge in [-0.25, -0.2) is 0 Å². The normalized spacial score (nSPS) is 20.0. The zero-order valence-electron chi connectivity index (χ0n) is 28.4. The molecular weight excluding hydrogens is 580 g/mol. The van der Waals surface area contributed by atoms with Crippen molar-refractivity contribution in [3.63, 3.8) is 0 Å². The maximum absolute atomic E-state index is 13.4. The molecule has 4 unspecified atom stereocenters. The van der Waals surface area contributed by atoms with Crippen molar-refractivity contribution in [2.45, 2.75) is 92.3 Å². The molecule has 0 saturated heterocycles. The third-order valence-electron chi connectivity index (χ3n) is 9.53. The van der Waals surface area contributed by atoms with Crippen LogP contribution in [0.1, 0.15) is 101 Å². The van der Waals surface area contributed by atoms with Crippen LogP contribution in [0.15, 0.2) is 85.0 Å². The molecule has 4 atom stereocenters. The highest BCUT2D eigenvalue weighted by molar-refractivity contribution is 6.24. The maximum Gasteiger partial charge on any atom is 0.170 e. The summed E-state index contributed by atoms with van der Waals surface area (Å²) >= 11 is 0.